The summed E-state index contributed by atoms with van der Waals surface area (Å²) in [6, 6.07) is 8.43. The van der Waals surface area contributed by atoms with E-state index in [2.05, 4.69) is 34.7 Å². The van der Waals surface area contributed by atoms with Gasteiger partial charge in [0.1, 0.15) is 0 Å². The number of nitrogens with one attached hydrogen (secondary N) is 1. The summed E-state index contributed by atoms with van der Waals surface area (Å²) in [5, 5.41) is 7.35. The van der Waals surface area contributed by atoms with Crippen LogP contribution in [0.4, 0.5) is 0 Å². The van der Waals surface area contributed by atoms with Crippen LogP contribution < -0.4 is 5.32 Å². The molecule has 16 heavy (non-hydrogen) atoms. The van der Waals surface area contributed by atoms with Crippen molar-refractivity contribution in [2.45, 2.75) is 16.3 Å². The van der Waals surface area contributed by atoms with Gasteiger partial charge in [-0.25, -0.2) is 0 Å². The Kier molecular flexibility index (Phi) is 3.64. The van der Waals surface area contributed by atoms with Gasteiger partial charge in [-0.15, -0.1) is 0 Å². The molecular weight excluding hydrogens is 218 g/mol. The zero-order valence-electron chi connectivity index (χ0n) is 9.47. The van der Waals surface area contributed by atoms with E-state index < -0.39 is 0 Å². The molecule has 84 valence electrons. The number of rotatable bonds is 4. The van der Waals surface area contributed by atoms with Gasteiger partial charge < -0.3 is 5.32 Å². The summed E-state index contributed by atoms with van der Waals surface area (Å²) in [7, 11) is 3.90. The number of aryl methyl sites for hydroxylation is 1. The number of benzene rings is 1. The third kappa shape index (κ3) is 2.65. The molecule has 0 unspecified atom stereocenters. The first-order chi connectivity index (χ1) is 7.79. The van der Waals surface area contributed by atoms with Crippen molar-refractivity contribution in [1.82, 2.24) is 15.1 Å². The quantitative estimate of drug-likeness (QED) is 0.878. The summed E-state index contributed by atoms with van der Waals surface area (Å²) < 4.78 is 1.82. The molecule has 0 aliphatic heterocycles. The van der Waals surface area contributed by atoms with Crippen molar-refractivity contribution in [3.8, 4) is 0 Å². The monoisotopic (exact) mass is 233 g/mol. The highest BCUT2D eigenvalue weighted by atomic mass is 32.2. The Bertz CT molecular complexity index is 465. The molecule has 2 rings (SSSR count). The average Bonchev–Trinajstić information content (AvgIpc) is 2.67. The first kappa shape index (κ1) is 11.2. The highest BCUT2D eigenvalue weighted by Gasteiger charge is 2.04. The van der Waals surface area contributed by atoms with Gasteiger partial charge in [-0.05, 0) is 18.7 Å². The van der Waals surface area contributed by atoms with E-state index in [1.165, 1.54) is 15.4 Å². The summed E-state index contributed by atoms with van der Waals surface area (Å²) in [6.07, 6.45) is 3.92. The maximum atomic E-state index is 4.17. The first-order valence-corrected chi connectivity index (χ1v) is 6.00. The highest BCUT2D eigenvalue weighted by Crippen LogP contribution is 2.29. The molecule has 1 heterocycles. The van der Waals surface area contributed by atoms with Crippen LogP contribution in [0.25, 0.3) is 0 Å². The lowest BCUT2D eigenvalue weighted by Gasteiger charge is -2.06. The van der Waals surface area contributed by atoms with Crippen molar-refractivity contribution in [2.24, 2.45) is 7.05 Å². The molecule has 3 nitrogen and oxygen atoms in total. The van der Waals surface area contributed by atoms with Gasteiger partial charge in [0.15, 0.2) is 0 Å². The molecule has 0 fully saturated rings. The zero-order chi connectivity index (χ0) is 11.4. The van der Waals surface area contributed by atoms with E-state index in [0.717, 1.165) is 6.54 Å². The molecule has 2 aromatic rings. The number of aromatic nitrogens is 2. The van der Waals surface area contributed by atoms with Crippen LogP contribution in [0, 0.1) is 0 Å². The zero-order valence-corrected chi connectivity index (χ0v) is 10.3. The molecule has 0 aliphatic carbocycles. The molecule has 1 aromatic heterocycles. The lowest BCUT2D eigenvalue weighted by molar-refractivity contribution is 0.766. The van der Waals surface area contributed by atoms with Crippen LogP contribution in [-0.2, 0) is 13.6 Å². The van der Waals surface area contributed by atoms with Gasteiger partial charge in [-0.3, -0.25) is 4.68 Å². The van der Waals surface area contributed by atoms with Gasteiger partial charge in [-0.1, -0.05) is 30.0 Å². The lowest BCUT2D eigenvalue weighted by Crippen LogP contribution is -2.05. The third-order valence-corrected chi connectivity index (χ3v) is 3.31. The van der Waals surface area contributed by atoms with Crippen molar-refractivity contribution < 1.29 is 0 Å². The van der Waals surface area contributed by atoms with E-state index in [9.17, 15) is 0 Å². The standard InChI is InChI=1S/C12H15N3S/c1-13-7-10-5-3-4-6-12(10)16-11-8-14-15(2)9-11/h3-6,8-9,13H,7H2,1-2H3. The molecule has 1 aromatic carbocycles. The van der Waals surface area contributed by atoms with Crippen molar-refractivity contribution >= 4 is 11.8 Å². The van der Waals surface area contributed by atoms with E-state index in [1.54, 1.807) is 11.8 Å². The SMILES string of the molecule is CNCc1ccccc1Sc1cnn(C)c1. The Labute approximate surface area is 99.9 Å². The Hall–Kier alpha value is -1.26. The van der Waals surface area contributed by atoms with Gasteiger partial charge in [0.05, 0.1) is 11.1 Å². The van der Waals surface area contributed by atoms with Gasteiger partial charge >= 0.3 is 0 Å². The van der Waals surface area contributed by atoms with E-state index in [4.69, 9.17) is 0 Å². The van der Waals surface area contributed by atoms with Crippen LogP contribution in [0.2, 0.25) is 0 Å². The Morgan fingerprint density at radius 3 is 2.88 bits per heavy atom. The van der Waals surface area contributed by atoms with Crippen molar-refractivity contribution in [2.75, 3.05) is 7.05 Å². The molecule has 0 saturated carbocycles. The van der Waals surface area contributed by atoms with E-state index >= 15 is 0 Å². The average molecular weight is 233 g/mol. The van der Waals surface area contributed by atoms with Gasteiger partial charge in [0.25, 0.3) is 0 Å². The molecule has 0 saturated heterocycles. The van der Waals surface area contributed by atoms with Crippen LogP contribution in [0.1, 0.15) is 5.56 Å². The smallest absolute Gasteiger partial charge is 0.0629 e. The predicted molar refractivity (Wildman–Crippen MR) is 66.5 cm³/mol. The molecule has 0 atom stereocenters. The van der Waals surface area contributed by atoms with Crippen LogP contribution in [0.5, 0.6) is 0 Å². The highest BCUT2D eigenvalue weighted by molar-refractivity contribution is 7.99. The maximum absolute atomic E-state index is 4.17. The van der Waals surface area contributed by atoms with Crippen LogP contribution in [-0.4, -0.2) is 16.8 Å². The second-order valence-corrected chi connectivity index (χ2v) is 4.71. The second kappa shape index (κ2) is 5.18. The molecule has 0 amide bonds. The largest absolute Gasteiger partial charge is 0.316 e. The van der Waals surface area contributed by atoms with Crippen molar-refractivity contribution in [3.05, 3.63) is 42.2 Å². The fourth-order valence-corrected chi connectivity index (χ4v) is 2.50. The lowest BCUT2D eigenvalue weighted by atomic mass is 10.2. The number of nitrogens with zero attached hydrogens (tertiary/aromatic N) is 2. The Morgan fingerprint density at radius 1 is 1.38 bits per heavy atom. The van der Waals surface area contributed by atoms with E-state index in [0.29, 0.717) is 0 Å². The third-order valence-electron chi connectivity index (χ3n) is 2.25. The molecular formula is C12H15N3S. The summed E-state index contributed by atoms with van der Waals surface area (Å²) in [5.41, 5.74) is 1.32. The first-order valence-electron chi connectivity index (χ1n) is 5.18. The van der Waals surface area contributed by atoms with Gasteiger partial charge in [0.2, 0.25) is 0 Å². The van der Waals surface area contributed by atoms with Crippen molar-refractivity contribution in [3.63, 3.8) is 0 Å². The van der Waals surface area contributed by atoms with Gasteiger partial charge in [0, 0.05) is 24.7 Å². The summed E-state index contributed by atoms with van der Waals surface area (Å²) in [4.78, 5) is 2.45. The van der Waals surface area contributed by atoms with Crippen LogP contribution in [0.3, 0.4) is 0 Å². The number of hydrogen-bond acceptors (Lipinski definition) is 3. The Balaban J connectivity index is 2.20. The molecule has 0 radical (unpaired) electrons. The molecule has 1 N–H and O–H groups in total. The summed E-state index contributed by atoms with van der Waals surface area (Å²) >= 11 is 1.75. The van der Waals surface area contributed by atoms with Crippen LogP contribution in [0.15, 0.2) is 46.5 Å². The van der Waals surface area contributed by atoms with E-state index in [-0.39, 0.29) is 0 Å². The minimum absolute atomic E-state index is 0.892. The minimum Gasteiger partial charge on any atom is -0.316 e. The topological polar surface area (TPSA) is 29.9 Å². The van der Waals surface area contributed by atoms with Crippen molar-refractivity contribution in [1.29, 1.82) is 0 Å². The summed E-state index contributed by atoms with van der Waals surface area (Å²) in [6.45, 7) is 0.892. The van der Waals surface area contributed by atoms with E-state index in [1.807, 2.05) is 31.2 Å². The maximum Gasteiger partial charge on any atom is 0.0629 e. The summed E-state index contributed by atoms with van der Waals surface area (Å²) in [5.74, 6) is 0. The number of hydrogen-bond donors (Lipinski definition) is 1. The molecule has 0 bridgehead atoms. The second-order valence-electron chi connectivity index (χ2n) is 3.59. The normalized spacial score (nSPS) is 10.6. The Morgan fingerprint density at radius 2 is 2.19 bits per heavy atom. The minimum atomic E-state index is 0.892. The van der Waals surface area contributed by atoms with Crippen LogP contribution >= 0.6 is 11.8 Å². The fourth-order valence-electron chi connectivity index (χ4n) is 1.52. The molecule has 0 spiro atoms. The molecule has 0 aliphatic rings. The predicted octanol–water partition coefficient (Wildman–Crippen LogP) is 2.29. The molecule has 4 heteroatoms. The van der Waals surface area contributed by atoms with Gasteiger partial charge in [-0.2, -0.15) is 5.10 Å². The fraction of sp³-hybridized carbons (Fsp3) is 0.250.